The van der Waals surface area contributed by atoms with E-state index in [1.165, 1.54) is 0 Å². The predicted octanol–water partition coefficient (Wildman–Crippen LogP) is 3.32. The first-order chi connectivity index (χ1) is 12.7. The van der Waals surface area contributed by atoms with Gasteiger partial charge in [-0.2, -0.15) is 0 Å². The average molecular weight is 370 g/mol. The third-order valence-electron chi connectivity index (χ3n) is 5.29. The fourth-order valence-electron chi connectivity index (χ4n) is 2.98. The SMILES string of the molecule is CCOC(=O)c1cc2ccc(C=C(CN)B3OC(C)(C)C(C)(C)O3)cc2[nH]1. The zero-order valence-electron chi connectivity index (χ0n) is 16.6. The maximum Gasteiger partial charge on any atom is 0.491 e. The van der Waals surface area contributed by atoms with Crippen LogP contribution in [0.4, 0.5) is 0 Å². The van der Waals surface area contributed by atoms with E-state index in [4.69, 9.17) is 19.8 Å². The van der Waals surface area contributed by atoms with Crippen LogP contribution in [0.1, 0.15) is 50.7 Å². The van der Waals surface area contributed by atoms with Crippen molar-refractivity contribution in [3.05, 3.63) is 41.0 Å². The zero-order valence-corrected chi connectivity index (χ0v) is 16.6. The second-order valence-electron chi connectivity index (χ2n) is 7.76. The van der Waals surface area contributed by atoms with Gasteiger partial charge in [-0.15, -0.1) is 0 Å². The number of nitrogens with two attached hydrogens (primary N) is 1. The molecule has 1 fully saturated rings. The van der Waals surface area contributed by atoms with Gasteiger partial charge in [-0.1, -0.05) is 18.2 Å². The van der Waals surface area contributed by atoms with Crippen LogP contribution >= 0.6 is 0 Å². The number of benzene rings is 1. The Morgan fingerprint density at radius 2 is 1.89 bits per heavy atom. The lowest BCUT2D eigenvalue weighted by Gasteiger charge is -2.32. The van der Waals surface area contributed by atoms with Crippen molar-refractivity contribution in [3.8, 4) is 0 Å². The van der Waals surface area contributed by atoms with Crippen molar-refractivity contribution >= 4 is 30.1 Å². The molecule has 2 aromatic rings. The van der Waals surface area contributed by atoms with E-state index >= 15 is 0 Å². The second kappa shape index (κ2) is 7.15. The molecule has 1 aliphatic heterocycles. The number of ether oxygens (including phenoxy) is 1. The van der Waals surface area contributed by atoms with Crippen LogP contribution in [0, 0.1) is 0 Å². The molecule has 0 aliphatic carbocycles. The van der Waals surface area contributed by atoms with Crippen LogP contribution in [0.3, 0.4) is 0 Å². The monoisotopic (exact) mass is 370 g/mol. The third kappa shape index (κ3) is 3.81. The quantitative estimate of drug-likeness (QED) is 0.623. The highest BCUT2D eigenvalue weighted by atomic mass is 16.7. The van der Waals surface area contributed by atoms with Gasteiger partial charge < -0.3 is 24.8 Å². The van der Waals surface area contributed by atoms with E-state index in [9.17, 15) is 4.79 Å². The van der Waals surface area contributed by atoms with Crippen LogP contribution < -0.4 is 5.73 Å². The minimum Gasteiger partial charge on any atom is -0.461 e. The minimum absolute atomic E-state index is 0.327. The molecule has 7 heteroatoms. The zero-order chi connectivity index (χ0) is 19.8. The molecule has 0 unspecified atom stereocenters. The van der Waals surface area contributed by atoms with Crippen LogP contribution in [0.25, 0.3) is 17.0 Å². The first-order valence-electron chi connectivity index (χ1n) is 9.23. The topological polar surface area (TPSA) is 86.6 Å². The highest BCUT2D eigenvalue weighted by Crippen LogP contribution is 2.38. The number of aromatic nitrogens is 1. The average Bonchev–Trinajstić information content (AvgIpc) is 3.10. The van der Waals surface area contributed by atoms with Gasteiger partial charge in [-0.05, 0) is 57.8 Å². The second-order valence-corrected chi connectivity index (χ2v) is 7.76. The van der Waals surface area contributed by atoms with Gasteiger partial charge in [0.05, 0.1) is 17.8 Å². The fraction of sp³-hybridized carbons (Fsp3) is 0.450. The van der Waals surface area contributed by atoms with Gasteiger partial charge in [-0.3, -0.25) is 0 Å². The van der Waals surface area contributed by atoms with E-state index < -0.39 is 18.3 Å². The van der Waals surface area contributed by atoms with Crippen molar-refractivity contribution < 1.29 is 18.8 Å². The summed E-state index contributed by atoms with van der Waals surface area (Å²) >= 11 is 0. The maximum atomic E-state index is 11.9. The third-order valence-corrected chi connectivity index (χ3v) is 5.29. The summed E-state index contributed by atoms with van der Waals surface area (Å²) in [7, 11) is -0.477. The van der Waals surface area contributed by atoms with Crippen LogP contribution in [0.15, 0.2) is 29.7 Å². The Morgan fingerprint density at radius 1 is 1.22 bits per heavy atom. The molecule has 1 aliphatic rings. The van der Waals surface area contributed by atoms with Crippen molar-refractivity contribution in [2.75, 3.05) is 13.2 Å². The number of rotatable bonds is 5. The molecule has 3 N–H and O–H groups in total. The van der Waals surface area contributed by atoms with E-state index in [1.807, 2.05) is 52.0 Å². The highest BCUT2D eigenvalue weighted by Gasteiger charge is 2.52. The predicted molar refractivity (Wildman–Crippen MR) is 107 cm³/mol. The Hall–Kier alpha value is -2.09. The molecule has 0 bridgehead atoms. The Balaban J connectivity index is 1.88. The van der Waals surface area contributed by atoms with Gasteiger partial charge in [0.1, 0.15) is 5.69 Å². The van der Waals surface area contributed by atoms with Gasteiger partial charge in [0.25, 0.3) is 0 Å². The molecule has 2 heterocycles. The van der Waals surface area contributed by atoms with E-state index in [2.05, 4.69) is 4.98 Å². The van der Waals surface area contributed by atoms with Crippen LogP contribution in [-0.2, 0) is 14.0 Å². The molecule has 1 saturated heterocycles. The van der Waals surface area contributed by atoms with Gasteiger partial charge in [0.15, 0.2) is 0 Å². The molecule has 0 spiro atoms. The first kappa shape index (κ1) is 19.7. The standard InChI is InChI=1S/C20H27BN2O4/c1-6-25-18(24)17-11-14-8-7-13(10-16(14)23-17)9-15(12-22)21-26-19(2,3)20(4,5)27-21/h7-11,23H,6,12,22H2,1-5H3. The van der Waals surface area contributed by atoms with Gasteiger partial charge in [-0.25, -0.2) is 4.79 Å². The summed E-state index contributed by atoms with van der Waals surface area (Å²) in [6.07, 6.45) is 1.98. The smallest absolute Gasteiger partial charge is 0.461 e. The molecule has 1 aromatic heterocycles. The Bertz CT molecular complexity index is 869. The number of carbonyl (C=O) groups excluding carboxylic acids is 1. The lowest BCUT2D eigenvalue weighted by atomic mass is 9.77. The van der Waals surface area contributed by atoms with Crippen LogP contribution in [0.2, 0.25) is 0 Å². The number of aromatic amines is 1. The first-order valence-corrected chi connectivity index (χ1v) is 9.23. The van der Waals surface area contributed by atoms with Crippen LogP contribution in [-0.4, -0.2) is 42.4 Å². The summed E-state index contributed by atoms with van der Waals surface area (Å²) in [6.45, 7) is 10.5. The normalized spacial score (nSPS) is 18.9. The number of nitrogens with one attached hydrogen (secondary N) is 1. The van der Waals surface area contributed by atoms with E-state index in [0.29, 0.717) is 18.8 Å². The van der Waals surface area contributed by atoms with Crippen molar-refractivity contribution in [2.45, 2.75) is 45.8 Å². The summed E-state index contributed by atoms with van der Waals surface area (Å²) in [4.78, 5) is 15.0. The molecular formula is C20H27BN2O4. The number of carbonyl (C=O) groups is 1. The summed E-state index contributed by atoms with van der Waals surface area (Å²) in [5, 5.41) is 0.945. The van der Waals surface area contributed by atoms with E-state index in [0.717, 1.165) is 21.9 Å². The number of hydrogen-bond acceptors (Lipinski definition) is 5. The number of fused-ring (bicyclic) bond motifs is 1. The fourth-order valence-corrected chi connectivity index (χ4v) is 2.98. The summed E-state index contributed by atoms with van der Waals surface area (Å²) in [5.41, 5.74) is 8.27. The molecular weight excluding hydrogens is 343 g/mol. The van der Waals surface area contributed by atoms with E-state index in [-0.39, 0.29) is 5.97 Å². The Morgan fingerprint density at radius 3 is 2.48 bits per heavy atom. The minimum atomic E-state index is -0.477. The lowest BCUT2D eigenvalue weighted by molar-refractivity contribution is 0.00578. The number of H-pyrrole nitrogens is 1. The van der Waals surface area contributed by atoms with Gasteiger partial charge in [0.2, 0.25) is 0 Å². The highest BCUT2D eigenvalue weighted by molar-refractivity contribution is 6.55. The lowest BCUT2D eigenvalue weighted by Crippen LogP contribution is -2.41. The molecule has 144 valence electrons. The molecule has 1 aromatic carbocycles. The molecule has 3 rings (SSSR count). The van der Waals surface area contributed by atoms with Crippen molar-refractivity contribution in [3.63, 3.8) is 0 Å². The molecule has 0 amide bonds. The van der Waals surface area contributed by atoms with E-state index in [1.54, 1.807) is 13.0 Å². The van der Waals surface area contributed by atoms with Crippen molar-refractivity contribution in [1.29, 1.82) is 0 Å². The maximum absolute atomic E-state index is 11.9. The largest absolute Gasteiger partial charge is 0.491 e. The van der Waals surface area contributed by atoms with Gasteiger partial charge >= 0.3 is 13.1 Å². The van der Waals surface area contributed by atoms with Crippen LogP contribution in [0.5, 0.6) is 0 Å². The van der Waals surface area contributed by atoms with Gasteiger partial charge in [0, 0.05) is 17.4 Å². The Kier molecular flexibility index (Phi) is 5.21. The van der Waals surface area contributed by atoms with Crippen molar-refractivity contribution in [2.24, 2.45) is 5.73 Å². The summed E-state index contributed by atoms with van der Waals surface area (Å²) < 4.78 is 17.2. The Labute approximate surface area is 160 Å². The molecule has 6 nitrogen and oxygen atoms in total. The summed E-state index contributed by atoms with van der Waals surface area (Å²) in [5.74, 6) is -0.356. The van der Waals surface area contributed by atoms with Crippen molar-refractivity contribution in [1.82, 2.24) is 4.98 Å². The summed E-state index contributed by atoms with van der Waals surface area (Å²) in [6, 6.07) is 7.70. The molecule has 0 atom stereocenters. The number of esters is 1. The number of hydrogen-bond donors (Lipinski definition) is 2. The molecule has 0 saturated carbocycles. The molecule has 27 heavy (non-hydrogen) atoms. The molecule has 0 radical (unpaired) electrons.